The van der Waals surface area contributed by atoms with Crippen molar-refractivity contribution >= 4 is 59.3 Å². The molecule has 0 aliphatic carbocycles. The molecule has 0 saturated carbocycles. The Bertz CT molecular complexity index is 734. The van der Waals surface area contributed by atoms with E-state index in [1.807, 2.05) is 13.0 Å². The average Bonchev–Trinajstić information content (AvgIpc) is 2.56. The van der Waals surface area contributed by atoms with Gasteiger partial charge in [-0.2, -0.15) is 0 Å². The summed E-state index contributed by atoms with van der Waals surface area (Å²) >= 11 is 18.2. The molecule has 7 heteroatoms. The highest BCUT2D eigenvalue weighted by atomic mass is 35.5. The van der Waals surface area contributed by atoms with Crippen LogP contribution in [0.2, 0.25) is 15.1 Å². The summed E-state index contributed by atoms with van der Waals surface area (Å²) in [4.78, 5) is 14.6. The number of hydrogen-bond acceptors (Lipinski definition) is 2. The van der Waals surface area contributed by atoms with Crippen LogP contribution in [0.15, 0.2) is 42.5 Å². The summed E-state index contributed by atoms with van der Waals surface area (Å²) in [5.41, 5.74) is 1.30. The molecule has 2 rings (SSSR count). The van der Waals surface area contributed by atoms with E-state index in [4.69, 9.17) is 40.2 Å². The lowest BCUT2D eigenvalue weighted by molar-refractivity contribution is 0.0682. The van der Waals surface area contributed by atoms with Gasteiger partial charge in [-0.15, -0.1) is 12.4 Å². The highest BCUT2D eigenvalue weighted by molar-refractivity contribution is 6.42. The van der Waals surface area contributed by atoms with Gasteiger partial charge in [-0.1, -0.05) is 46.9 Å². The second kappa shape index (κ2) is 10.0. The van der Waals surface area contributed by atoms with Crippen molar-refractivity contribution in [1.82, 2.24) is 4.90 Å². The number of nitrogens with one attached hydrogen (secondary N) is 1. The smallest absolute Gasteiger partial charge is 0.254 e. The molecule has 0 radical (unpaired) electrons. The Hall–Kier alpha value is -1.26. The van der Waals surface area contributed by atoms with Crippen LogP contribution in [0, 0.1) is 5.41 Å². The molecular weight excluding hydrogens is 402 g/mol. The van der Waals surface area contributed by atoms with E-state index in [9.17, 15) is 4.79 Å². The number of amides is 1. The molecule has 3 nitrogen and oxygen atoms in total. The van der Waals surface area contributed by atoms with Crippen LogP contribution in [0.5, 0.6) is 0 Å². The molecule has 0 unspecified atom stereocenters. The Balaban J connectivity index is 0.00000312. The fourth-order valence-electron chi connectivity index (χ4n) is 2.34. The van der Waals surface area contributed by atoms with Crippen molar-refractivity contribution in [3.63, 3.8) is 0 Å². The average molecular weight is 420 g/mol. The van der Waals surface area contributed by atoms with Crippen molar-refractivity contribution in [3.8, 4) is 0 Å². The van der Waals surface area contributed by atoms with Crippen LogP contribution >= 0.6 is 47.2 Å². The molecular formula is C18H18Cl4N2O. The first kappa shape index (κ1) is 21.8. The summed E-state index contributed by atoms with van der Waals surface area (Å²) in [5.74, 6) is -0.142. The number of carbonyl (C=O) groups is 1. The third kappa shape index (κ3) is 5.61. The molecule has 0 heterocycles. The molecule has 1 N–H and O–H groups in total. The highest BCUT2D eigenvalue weighted by Crippen LogP contribution is 2.28. The van der Waals surface area contributed by atoms with Gasteiger partial charge in [0.05, 0.1) is 10.0 Å². The predicted molar refractivity (Wildman–Crippen MR) is 108 cm³/mol. The van der Waals surface area contributed by atoms with Crippen molar-refractivity contribution in [2.24, 2.45) is 0 Å². The van der Waals surface area contributed by atoms with Gasteiger partial charge in [0, 0.05) is 29.6 Å². The lowest BCUT2D eigenvalue weighted by Gasteiger charge is -2.29. The van der Waals surface area contributed by atoms with Crippen molar-refractivity contribution in [1.29, 1.82) is 5.41 Å². The van der Waals surface area contributed by atoms with Gasteiger partial charge in [-0.3, -0.25) is 4.79 Å². The van der Waals surface area contributed by atoms with Crippen molar-refractivity contribution < 1.29 is 4.79 Å². The van der Waals surface area contributed by atoms with E-state index in [1.54, 1.807) is 41.3 Å². The van der Waals surface area contributed by atoms with Gasteiger partial charge in [0.2, 0.25) is 0 Å². The zero-order valence-corrected chi connectivity index (χ0v) is 16.6. The van der Waals surface area contributed by atoms with Crippen LogP contribution in [-0.2, 0) is 6.54 Å². The zero-order chi connectivity index (χ0) is 17.7. The second-order valence-electron chi connectivity index (χ2n) is 5.44. The first-order valence-corrected chi connectivity index (χ1v) is 8.55. The summed E-state index contributed by atoms with van der Waals surface area (Å²) in [7, 11) is 0. The van der Waals surface area contributed by atoms with Crippen LogP contribution in [0.3, 0.4) is 0 Å². The lowest BCUT2D eigenvalue weighted by Crippen LogP contribution is -2.38. The number of rotatable bonds is 6. The third-order valence-electron chi connectivity index (χ3n) is 3.72. The minimum atomic E-state index is -0.152. The third-order valence-corrected chi connectivity index (χ3v) is 4.83. The fraction of sp³-hybridized carbons (Fsp3) is 0.222. The Morgan fingerprint density at radius 2 is 1.80 bits per heavy atom. The molecule has 2 aromatic carbocycles. The molecule has 25 heavy (non-hydrogen) atoms. The Kier molecular flexibility index (Phi) is 8.74. The molecule has 0 saturated heterocycles. The van der Waals surface area contributed by atoms with Crippen molar-refractivity contribution in [2.75, 3.05) is 0 Å². The number of benzene rings is 2. The summed E-state index contributed by atoms with van der Waals surface area (Å²) in [6.45, 7) is 2.22. The molecule has 1 amide bonds. The van der Waals surface area contributed by atoms with Gasteiger partial charge in [0.25, 0.3) is 5.91 Å². The summed E-state index contributed by atoms with van der Waals surface area (Å²) < 4.78 is 0. The molecule has 0 aromatic heterocycles. The standard InChI is InChI=1S/C18H17Cl3N2O.ClH/c1-12(9-10-22)23(11-14-3-2-4-16(20)17(14)21)18(24)13-5-7-15(19)8-6-13;/h2-8,10,12,22H,9,11H2,1H3;1H/t12-;/m1./s1. The van der Waals surface area contributed by atoms with Crippen LogP contribution < -0.4 is 0 Å². The Labute approximate surface area is 168 Å². The number of carbonyl (C=O) groups excluding carboxylic acids is 1. The monoisotopic (exact) mass is 418 g/mol. The van der Waals surface area contributed by atoms with Crippen LogP contribution in [-0.4, -0.2) is 23.1 Å². The second-order valence-corrected chi connectivity index (χ2v) is 6.66. The molecule has 0 spiro atoms. The molecule has 2 aromatic rings. The maximum atomic E-state index is 12.9. The number of nitrogens with zero attached hydrogens (tertiary/aromatic N) is 1. The largest absolute Gasteiger partial charge is 0.331 e. The van der Waals surface area contributed by atoms with Crippen LogP contribution in [0.4, 0.5) is 0 Å². The van der Waals surface area contributed by atoms with E-state index in [0.29, 0.717) is 33.6 Å². The number of halogens is 4. The molecule has 0 fully saturated rings. The number of hydrogen-bond donors (Lipinski definition) is 1. The molecule has 0 bridgehead atoms. The summed E-state index contributed by atoms with van der Waals surface area (Å²) in [6, 6.07) is 11.9. The fourth-order valence-corrected chi connectivity index (χ4v) is 2.84. The quantitative estimate of drug-likeness (QED) is 0.561. The maximum absolute atomic E-state index is 12.9. The van der Waals surface area contributed by atoms with Gasteiger partial charge in [0.1, 0.15) is 0 Å². The summed E-state index contributed by atoms with van der Waals surface area (Å²) in [5, 5.41) is 8.79. The molecule has 134 valence electrons. The first-order chi connectivity index (χ1) is 11.4. The van der Waals surface area contributed by atoms with Gasteiger partial charge in [-0.25, -0.2) is 0 Å². The molecule has 0 aliphatic heterocycles. The van der Waals surface area contributed by atoms with Gasteiger partial charge < -0.3 is 10.3 Å². The first-order valence-electron chi connectivity index (χ1n) is 7.42. The SMILES string of the molecule is C[C@H](CC=N)N(Cc1cccc(Cl)c1Cl)C(=O)c1ccc(Cl)cc1.Cl. The Morgan fingerprint density at radius 1 is 1.16 bits per heavy atom. The minimum absolute atomic E-state index is 0. The lowest BCUT2D eigenvalue weighted by atomic mass is 10.1. The van der Waals surface area contributed by atoms with Crippen LogP contribution in [0.1, 0.15) is 29.3 Å². The molecule has 1 atom stereocenters. The Morgan fingerprint density at radius 3 is 2.40 bits per heavy atom. The van der Waals surface area contributed by atoms with E-state index in [-0.39, 0.29) is 24.4 Å². The van der Waals surface area contributed by atoms with E-state index in [1.165, 1.54) is 6.21 Å². The molecule has 0 aliphatic rings. The zero-order valence-electron chi connectivity index (χ0n) is 13.5. The van der Waals surface area contributed by atoms with Gasteiger partial charge in [-0.05, 0) is 49.0 Å². The normalized spacial score (nSPS) is 11.4. The van der Waals surface area contributed by atoms with Gasteiger partial charge in [0.15, 0.2) is 0 Å². The topological polar surface area (TPSA) is 44.2 Å². The van der Waals surface area contributed by atoms with E-state index in [2.05, 4.69) is 0 Å². The predicted octanol–water partition coefficient (Wildman–Crippen LogP) is 6.14. The van der Waals surface area contributed by atoms with Crippen LogP contribution in [0.25, 0.3) is 0 Å². The van der Waals surface area contributed by atoms with Crippen molar-refractivity contribution in [2.45, 2.75) is 25.9 Å². The maximum Gasteiger partial charge on any atom is 0.254 e. The minimum Gasteiger partial charge on any atom is -0.331 e. The van der Waals surface area contributed by atoms with Crippen molar-refractivity contribution in [3.05, 3.63) is 68.7 Å². The van der Waals surface area contributed by atoms with E-state index in [0.717, 1.165) is 5.56 Å². The van der Waals surface area contributed by atoms with E-state index < -0.39 is 0 Å². The van der Waals surface area contributed by atoms with Gasteiger partial charge >= 0.3 is 0 Å². The van der Waals surface area contributed by atoms with E-state index >= 15 is 0 Å². The summed E-state index contributed by atoms with van der Waals surface area (Å²) in [6.07, 6.45) is 1.75. The highest BCUT2D eigenvalue weighted by Gasteiger charge is 2.22.